The van der Waals surface area contributed by atoms with Crippen LogP contribution in [0.2, 0.25) is 0 Å². The number of hydrogen-bond donors (Lipinski definition) is 1. The molecule has 2 heterocycles. The Morgan fingerprint density at radius 2 is 2.14 bits per heavy atom. The van der Waals surface area contributed by atoms with Gasteiger partial charge in [0.2, 0.25) is 5.91 Å². The standard InChI is InChI=1S/C15H26N4O2/c1-12-9-19(10-13(2)21-12)7-6-16-15(20)5-4-14-8-17-18(3)11-14/h8,11-13H,4-7,9-10H2,1-3H3,(H,16,20)/t12-,13+. The van der Waals surface area contributed by atoms with Gasteiger partial charge in [-0.25, -0.2) is 0 Å². The predicted octanol–water partition coefficient (Wildman–Crippen LogP) is 0.578. The summed E-state index contributed by atoms with van der Waals surface area (Å²) in [6.07, 6.45) is 5.56. The number of carbonyl (C=O) groups is 1. The Balaban J connectivity index is 1.60. The molecule has 0 spiro atoms. The van der Waals surface area contributed by atoms with E-state index >= 15 is 0 Å². The van der Waals surface area contributed by atoms with Gasteiger partial charge < -0.3 is 10.1 Å². The minimum atomic E-state index is 0.105. The average Bonchev–Trinajstić information content (AvgIpc) is 2.81. The zero-order valence-electron chi connectivity index (χ0n) is 13.2. The SMILES string of the molecule is C[C@@H]1CN(CCNC(=O)CCc2cnn(C)c2)C[C@H](C)O1. The van der Waals surface area contributed by atoms with Crippen LogP contribution in [0.3, 0.4) is 0 Å². The van der Waals surface area contributed by atoms with Crippen LogP contribution in [-0.2, 0) is 23.0 Å². The topological polar surface area (TPSA) is 59.4 Å². The molecule has 1 N–H and O–H groups in total. The van der Waals surface area contributed by atoms with Crippen molar-refractivity contribution in [3.8, 4) is 0 Å². The van der Waals surface area contributed by atoms with Gasteiger partial charge >= 0.3 is 0 Å². The van der Waals surface area contributed by atoms with Crippen molar-refractivity contribution < 1.29 is 9.53 Å². The van der Waals surface area contributed by atoms with E-state index < -0.39 is 0 Å². The third kappa shape index (κ3) is 5.47. The largest absolute Gasteiger partial charge is 0.373 e. The van der Waals surface area contributed by atoms with Gasteiger partial charge in [0, 0.05) is 45.8 Å². The van der Waals surface area contributed by atoms with Gasteiger partial charge in [-0.1, -0.05) is 0 Å². The third-order valence-electron chi connectivity index (χ3n) is 3.64. The summed E-state index contributed by atoms with van der Waals surface area (Å²) in [5, 5.41) is 7.09. The van der Waals surface area contributed by atoms with Crippen molar-refractivity contribution in [1.29, 1.82) is 0 Å². The van der Waals surface area contributed by atoms with Gasteiger partial charge in [0.25, 0.3) is 0 Å². The fourth-order valence-electron chi connectivity index (χ4n) is 2.77. The molecule has 1 aromatic rings. The zero-order chi connectivity index (χ0) is 15.2. The minimum absolute atomic E-state index is 0.105. The van der Waals surface area contributed by atoms with Crippen LogP contribution in [0.15, 0.2) is 12.4 Å². The van der Waals surface area contributed by atoms with Crippen LogP contribution in [0.1, 0.15) is 25.8 Å². The van der Waals surface area contributed by atoms with Crippen molar-refractivity contribution in [2.45, 2.75) is 38.9 Å². The Bertz CT molecular complexity index is 450. The normalized spacial score (nSPS) is 23.2. The van der Waals surface area contributed by atoms with E-state index in [1.807, 2.05) is 19.4 Å². The summed E-state index contributed by atoms with van der Waals surface area (Å²) in [7, 11) is 1.88. The molecular weight excluding hydrogens is 268 g/mol. The first-order valence-electron chi connectivity index (χ1n) is 7.65. The molecule has 21 heavy (non-hydrogen) atoms. The molecule has 1 aliphatic heterocycles. The maximum Gasteiger partial charge on any atom is 0.220 e. The first-order chi connectivity index (χ1) is 10.0. The van der Waals surface area contributed by atoms with Gasteiger partial charge in [0.15, 0.2) is 0 Å². The molecule has 1 saturated heterocycles. The molecule has 2 rings (SSSR count). The molecule has 6 nitrogen and oxygen atoms in total. The third-order valence-corrected chi connectivity index (χ3v) is 3.64. The molecule has 1 amide bonds. The lowest BCUT2D eigenvalue weighted by molar-refractivity contribution is -0.121. The second-order valence-corrected chi connectivity index (χ2v) is 5.89. The summed E-state index contributed by atoms with van der Waals surface area (Å²) in [6.45, 7) is 7.65. The summed E-state index contributed by atoms with van der Waals surface area (Å²) < 4.78 is 7.45. The Morgan fingerprint density at radius 3 is 2.76 bits per heavy atom. The van der Waals surface area contributed by atoms with Gasteiger partial charge in [-0.15, -0.1) is 0 Å². The molecule has 118 valence electrons. The molecule has 0 unspecified atom stereocenters. The van der Waals surface area contributed by atoms with E-state index in [1.54, 1.807) is 4.68 Å². The summed E-state index contributed by atoms with van der Waals surface area (Å²) in [6, 6.07) is 0. The molecule has 0 radical (unpaired) electrons. The summed E-state index contributed by atoms with van der Waals surface area (Å²) in [5.41, 5.74) is 1.10. The first-order valence-corrected chi connectivity index (χ1v) is 7.65. The highest BCUT2D eigenvalue weighted by molar-refractivity contribution is 5.76. The summed E-state index contributed by atoms with van der Waals surface area (Å²) in [4.78, 5) is 14.2. The number of amides is 1. The monoisotopic (exact) mass is 294 g/mol. The van der Waals surface area contributed by atoms with Crippen LogP contribution in [0, 0.1) is 0 Å². The predicted molar refractivity (Wildman–Crippen MR) is 81.0 cm³/mol. The molecular formula is C15H26N4O2. The highest BCUT2D eigenvalue weighted by Gasteiger charge is 2.21. The van der Waals surface area contributed by atoms with E-state index in [1.165, 1.54) is 0 Å². The van der Waals surface area contributed by atoms with Crippen molar-refractivity contribution in [2.24, 2.45) is 7.05 Å². The molecule has 6 heteroatoms. The van der Waals surface area contributed by atoms with Crippen LogP contribution in [-0.4, -0.2) is 59.0 Å². The lowest BCUT2D eigenvalue weighted by atomic mass is 10.2. The fraction of sp³-hybridized carbons (Fsp3) is 0.733. The van der Waals surface area contributed by atoms with E-state index in [4.69, 9.17) is 4.74 Å². The van der Waals surface area contributed by atoms with Crippen molar-refractivity contribution in [2.75, 3.05) is 26.2 Å². The number of hydrogen-bond acceptors (Lipinski definition) is 4. The van der Waals surface area contributed by atoms with Crippen molar-refractivity contribution >= 4 is 5.91 Å². The molecule has 0 bridgehead atoms. The number of nitrogens with one attached hydrogen (secondary N) is 1. The maximum absolute atomic E-state index is 11.8. The van der Waals surface area contributed by atoms with Gasteiger partial charge in [-0.05, 0) is 25.8 Å². The maximum atomic E-state index is 11.8. The van der Waals surface area contributed by atoms with Crippen molar-refractivity contribution in [1.82, 2.24) is 20.0 Å². The van der Waals surface area contributed by atoms with Crippen LogP contribution >= 0.6 is 0 Å². The van der Waals surface area contributed by atoms with E-state index in [0.717, 1.165) is 31.6 Å². The van der Waals surface area contributed by atoms with Crippen LogP contribution in [0.25, 0.3) is 0 Å². The first kappa shape index (κ1) is 16.0. The number of carbonyl (C=O) groups excluding carboxylic acids is 1. The zero-order valence-corrected chi connectivity index (χ0v) is 13.2. The lowest BCUT2D eigenvalue weighted by Crippen LogP contribution is -2.47. The van der Waals surface area contributed by atoms with E-state index in [-0.39, 0.29) is 18.1 Å². The molecule has 2 atom stereocenters. The molecule has 0 aliphatic carbocycles. The second kappa shape index (κ2) is 7.56. The lowest BCUT2D eigenvalue weighted by Gasteiger charge is -2.35. The highest BCUT2D eigenvalue weighted by atomic mass is 16.5. The van der Waals surface area contributed by atoms with Crippen molar-refractivity contribution in [3.63, 3.8) is 0 Å². The van der Waals surface area contributed by atoms with Gasteiger partial charge in [0.05, 0.1) is 18.4 Å². The number of nitrogens with zero attached hydrogens (tertiary/aromatic N) is 3. The van der Waals surface area contributed by atoms with Crippen LogP contribution < -0.4 is 5.32 Å². The van der Waals surface area contributed by atoms with Gasteiger partial charge in [-0.2, -0.15) is 5.10 Å². The Morgan fingerprint density at radius 1 is 1.43 bits per heavy atom. The fourth-order valence-corrected chi connectivity index (χ4v) is 2.77. The summed E-state index contributed by atoms with van der Waals surface area (Å²) in [5.74, 6) is 0.105. The Labute approximate surface area is 126 Å². The van der Waals surface area contributed by atoms with Crippen molar-refractivity contribution in [3.05, 3.63) is 18.0 Å². The highest BCUT2D eigenvalue weighted by Crippen LogP contribution is 2.09. The van der Waals surface area contributed by atoms with Gasteiger partial charge in [0.1, 0.15) is 0 Å². The molecule has 1 aliphatic rings. The Hall–Kier alpha value is -1.40. The van der Waals surface area contributed by atoms with Gasteiger partial charge in [-0.3, -0.25) is 14.4 Å². The number of aromatic nitrogens is 2. The Kier molecular flexibility index (Phi) is 5.76. The van der Waals surface area contributed by atoms with Crippen LogP contribution in [0.5, 0.6) is 0 Å². The number of aryl methyl sites for hydroxylation is 2. The quantitative estimate of drug-likeness (QED) is 0.834. The molecule has 0 aromatic carbocycles. The van der Waals surface area contributed by atoms with E-state index in [2.05, 4.69) is 29.2 Å². The second-order valence-electron chi connectivity index (χ2n) is 5.89. The van der Waals surface area contributed by atoms with E-state index in [0.29, 0.717) is 13.0 Å². The summed E-state index contributed by atoms with van der Waals surface area (Å²) >= 11 is 0. The number of ether oxygens (including phenoxy) is 1. The molecule has 1 aromatic heterocycles. The number of morpholine rings is 1. The molecule has 1 fully saturated rings. The smallest absolute Gasteiger partial charge is 0.220 e. The minimum Gasteiger partial charge on any atom is -0.373 e. The average molecular weight is 294 g/mol. The number of rotatable bonds is 6. The van der Waals surface area contributed by atoms with E-state index in [9.17, 15) is 4.79 Å². The molecule has 0 saturated carbocycles. The van der Waals surface area contributed by atoms with Crippen LogP contribution in [0.4, 0.5) is 0 Å².